The Hall–Kier alpha value is -2.94. The molecule has 9 nitrogen and oxygen atoms in total. The molecule has 2 saturated heterocycles. The predicted octanol–water partition coefficient (Wildman–Crippen LogP) is 1.82. The number of fused-ring (bicyclic) bond motifs is 1. The van der Waals surface area contributed by atoms with Gasteiger partial charge in [-0.05, 0) is 51.0 Å². The zero-order chi connectivity index (χ0) is 26.8. The van der Waals surface area contributed by atoms with Crippen molar-refractivity contribution in [2.75, 3.05) is 6.54 Å². The highest BCUT2D eigenvalue weighted by Crippen LogP contribution is 2.21. The molecule has 5 unspecified atom stereocenters. The molecular weight excluding hydrogens is 472 g/mol. The first kappa shape index (κ1) is 28.6. The highest BCUT2D eigenvalue weighted by Gasteiger charge is 2.38. The smallest absolute Gasteiger partial charge is 0.246 e. The van der Waals surface area contributed by atoms with Crippen LogP contribution in [0.3, 0.4) is 0 Å². The summed E-state index contributed by atoms with van der Waals surface area (Å²) in [5, 5.41) is 18.2. The molecule has 4 amide bonds. The molecule has 1 aromatic carbocycles. The molecule has 2 fully saturated rings. The number of carbonyl (C=O) groups excluding carboxylic acids is 4. The van der Waals surface area contributed by atoms with Crippen molar-refractivity contribution < 1.29 is 24.3 Å². The normalized spacial score (nSPS) is 26.2. The number of aliphatic hydroxyl groups is 1. The Morgan fingerprint density at radius 2 is 1.65 bits per heavy atom. The first-order valence-corrected chi connectivity index (χ1v) is 13.7. The Morgan fingerprint density at radius 3 is 2.38 bits per heavy atom. The summed E-state index contributed by atoms with van der Waals surface area (Å²) < 4.78 is 0. The van der Waals surface area contributed by atoms with E-state index >= 15 is 0 Å². The maximum Gasteiger partial charge on any atom is 0.246 e. The monoisotopic (exact) mass is 514 g/mol. The van der Waals surface area contributed by atoms with E-state index in [9.17, 15) is 24.3 Å². The molecule has 0 radical (unpaired) electrons. The van der Waals surface area contributed by atoms with Crippen LogP contribution >= 0.6 is 0 Å². The second-order valence-electron chi connectivity index (χ2n) is 10.3. The number of hydrogen-bond donors (Lipinski definition) is 4. The van der Waals surface area contributed by atoms with Crippen LogP contribution in [-0.4, -0.2) is 70.5 Å². The highest BCUT2D eigenvalue weighted by molar-refractivity contribution is 5.97. The molecule has 2 aliphatic heterocycles. The summed E-state index contributed by atoms with van der Waals surface area (Å²) >= 11 is 0. The number of benzene rings is 1. The number of carbonyl (C=O) groups is 4. The van der Waals surface area contributed by atoms with E-state index in [1.54, 1.807) is 11.8 Å². The first-order valence-electron chi connectivity index (χ1n) is 13.7. The average molecular weight is 515 g/mol. The minimum Gasteiger partial charge on any atom is -0.393 e. The lowest BCUT2D eigenvalue weighted by Crippen LogP contribution is -2.63. The Kier molecular flexibility index (Phi) is 10.9. The van der Waals surface area contributed by atoms with Gasteiger partial charge in [0.05, 0.1) is 6.10 Å². The van der Waals surface area contributed by atoms with Gasteiger partial charge in [0, 0.05) is 13.0 Å². The lowest BCUT2D eigenvalue weighted by atomic mass is 9.97. The van der Waals surface area contributed by atoms with Crippen LogP contribution in [0.4, 0.5) is 0 Å². The fourth-order valence-electron chi connectivity index (χ4n) is 5.04. The molecule has 37 heavy (non-hydrogen) atoms. The molecule has 2 heterocycles. The molecule has 0 aromatic heterocycles. The van der Waals surface area contributed by atoms with Gasteiger partial charge in [0.1, 0.15) is 24.2 Å². The van der Waals surface area contributed by atoms with E-state index in [4.69, 9.17) is 0 Å². The second-order valence-corrected chi connectivity index (χ2v) is 10.3. The summed E-state index contributed by atoms with van der Waals surface area (Å²) in [4.78, 5) is 54.8. The van der Waals surface area contributed by atoms with Crippen molar-refractivity contribution in [3.63, 3.8) is 0 Å². The lowest BCUT2D eigenvalue weighted by molar-refractivity contribution is -0.146. The third kappa shape index (κ3) is 8.28. The van der Waals surface area contributed by atoms with Gasteiger partial charge in [-0.3, -0.25) is 19.2 Å². The number of hydrogen-bond acceptors (Lipinski definition) is 5. The van der Waals surface area contributed by atoms with Crippen LogP contribution in [0.25, 0.3) is 0 Å². The van der Waals surface area contributed by atoms with E-state index < -0.39 is 36.0 Å². The van der Waals surface area contributed by atoms with Crippen molar-refractivity contribution in [2.45, 2.75) is 108 Å². The van der Waals surface area contributed by atoms with Crippen molar-refractivity contribution in [1.29, 1.82) is 0 Å². The van der Waals surface area contributed by atoms with Crippen LogP contribution in [0.5, 0.6) is 0 Å². The van der Waals surface area contributed by atoms with Crippen LogP contribution in [0.1, 0.15) is 77.2 Å². The second kappa shape index (κ2) is 14.1. The molecular formula is C28H42N4O5. The van der Waals surface area contributed by atoms with Gasteiger partial charge in [-0.1, -0.05) is 56.5 Å². The number of nitrogens with zero attached hydrogens (tertiary/aromatic N) is 1. The fourth-order valence-corrected chi connectivity index (χ4v) is 5.04. The minimum absolute atomic E-state index is 0.276. The molecule has 0 spiro atoms. The highest BCUT2D eigenvalue weighted by atomic mass is 16.3. The summed E-state index contributed by atoms with van der Waals surface area (Å²) in [6.07, 6.45) is 6.29. The average Bonchev–Trinajstić information content (AvgIpc) is 2.91. The van der Waals surface area contributed by atoms with E-state index in [1.165, 1.54) is 0 Å². The fraction of sp³-hybridized carbons (Fsp3) is 0.643. The molecule has 3 rings (SSSR count). The number of nitrogens with one attached hydrogen (secondary N) is 3. The van der Waals surface area contributed by atoms with Crippen molar-refractivity contribution in [2.24, 2.45) is 0 Å². The standard InChI is InChI=1S/C28H42N4O5/c1-3-21(33)14-8-5-9-15-22-26(35)29-19(2)25(34)31-23(18-20-12-6-4-7-13-20)28(37)32-17-11-10-16-24(32)27(36)30-22/h4,6-7,12-13,19,21-24,33H,3,5,8-11,14-18H2,1-2H3,(H,29,35)(H,30,36)(H,31,34). The predicted molar refractivity (Wildman–Crippen MR) is 140 cm³/mol. The van der Waals surface area contributed by atoms with Gasteiger partial charge in [0.15, 0.2) is 0 Å². The van der Waals surface area contributed by atoms with E-state index in [1.807, 2.05) is 37.3 Å². The summed E-state index contributed by atoms with van der Waals surface area (Å²) in [7, 11) is 0. The molecule has 4 N–H and O–H groups in total. The largest absolute Gasteiger partial charge is 0.393 e. The number of unbranched alkanes of at least 4 members (excludes halogenated alkanes) is 2. The van der Waals surface area contributed by atoms with Gasteiger partial charge in [-0.25, -0.2) is 0 Å². The number of piperidine rings is 1. The SMILES string of the molecule is CCC(O)CCCCCC1NC(=O)C2CCCCN2C(=O)C(Cc2ccccc2)NC(=O)C(C)NC1=O. The van der Waals surface area contributed by atoms with Gasteiger partial charge in [-0.2, -0.15) is 0 Å². The lowest BCUT2D eigenvalue weighted by Gasteiger charge is -2.38. The molecule has 2 aliphatic rings. The van der Waals surface area contributed by atoms with Crippen molar-refractivity contribution >= 4 is 23.6 Å². The van der Waals surface area contributed by atoms with Gasteiger partial charge in [0.2, 0.25) is 23.6 Å². The van der Waals surface area contributed by atoms with E-state index in [-0.39, 0.29) is 17.9 Å². The van der Waals surface area contributed by atoms with Crippen molar-refractivity contribution in [3.05, 3.63) is 35.9 Å². The third-order valence-corrected chi connectivity index (χ3v) is 7.37. The van der Waals surface area contributed by atoms with Gasteiger partial charge in [0.25, 0.3) is 0 Å². The molecule has 0 aliphatic carbocycles. The van der Waals surface area contributed by atoms with Crippen LogP contribution in [0.15, 0.2) is 30.3 Å². The molecule has 0 bridgehead atoms. The number of aliphatic hydroxyl groups excluding tert-OH is 1. The Bertz CT molecular complexity index is 924. The first-order chi connectivity index (χ1) is 17.8. The Balaban J connectivity index is 1.77. The van der Waals surface area contributed by atoms with Gasteiger partial charge >= 0.3 is 0 Å². The van der Waals surface area contributed by atoms with Crippen LogP contribution in [0, 0.1) is 0 Å². The quantitative estimate of drug-likeness (QED) is 0.374. The molecule has 9 heteroatoms. The van der Waals surface area contributed by atoms with Crippen molar-refractivity contribution in [1.82, 2.24) is 20.9 Å². The number of rotatable bonds is 9. The zero-order valence-electron chi connectivity index (χ0n) is 22.1. The minimum atomic E-state index is -0.866. The van der Waals surface area contributed by atoms with Gasteiger partial charge < -0.3 is 26.0 Å². The Labute approximate surface area is 219 Å². The molecule has 5 atom stereocenters. The van der Waals surface area contributed by atoms with Crippen LogP contribution in [-0.2, 0) is 25.6 Å². The van der Waals surface area contributed by atoms with E-state index in [0.717, 1.165) is 31.2 Å². The Morgan fingerprint density at radius 1 is 0.919 bits per heavy atom. The topological polar surface area (TPSA) is 128 Å². The maximum absolute atomic E-state index is 13.7. The van der Waals surface area contributed by atoms with Crippen molar-refractivity contribution in [3.8, 4) is 0 Å². The van der Waals surface area contributed by atoms with E-state index in [0.29, 0.717) is 45.1 Å². The van der Waals surface area contributed by atoms with Crippen LogP contribution in [0.2, 0.25) is 0 Å². The molecule has 0 saturated carbocycles. The third-order valence-electron chi connectivity index (χ3n) is 7.37. The van der Waals surface area contributed by atoms with E-state index in [2.05, 4.69) is 16.0 Å². The summed E-state index contributed by atoms with van der Waals surface area (Å²) in [5.74, 6) is -1.44. The maximum atomic E-state index is 13.7. The molecule has 204 valence electrons. The van der Waals surface area contributed by atoms with Gasteiger partial charge in [-0.15, -0.1) is 0 Å². The molecule has 1 aromatic rings. The summed E-state index contributed by atoms with van der Waals surface area (Å²) in [6, 6.07) is 6.26. The summed E-state index contributed by atoms with van der Waals surface area (Å²) in [5.41, 5.74) is 0.898. The summed E-state index contributed by atoms with van der Waals surface area (Å²) in [6.45, 7) is 3.96. The number of amides is 4. The zero-order valence-corrected chi connectivity index (χ0v) is 22.1. The van der Waals surface area contributed by atoms with Crippen LogP contribution < -0.4 is 16.0 Å².